The Bertz CT molecular complexity index is 954. The molecule has 150 valence electrons. The number of amides is 3. The fourth-order valence-corrected chi connectivity index (χ4v) is 3.36. The zero-order valence-corrected chi connectivity index (χ0v) is 16.1. The third kappa shape index (κ3) is 5.08. The molecular formula is C22H23N3O4. The van der Waals surface area contributed by atoms with E-state index in [9.17, 15) is 14.4 Å². The van der Waals surface area contributed by atoms with Gasteiger partial charge in [-0.15, -0.1) is 0 Å². The summed E-state index contributed by atoms with van der Waals surface area (Å²) in [5.41, 5.74) is 4.95. The van der Waals surface area contributed by atoms with Crippen LogP contribution in [0.15, 0.2) is 54.2 Å². The summed E-state index contributed by atoms with van der Waals surface area (Å²) < 4.78 is 0. The van der Waals surface area contributed by atoms with Gasteiger partial charge in [-0.25, -0.2) is 5.48 Å². The summed E-state index contributed by atoms with van der Waals surface area (Å²) in [6, 6.07) is 14.5. The van der Waals surface area contributed by atoms with Crippen molar-refractivity contribution in [1.29, 1.82) is 0 Å². The van der Waals surface area contributed by atoms with Crippen LogP contribution < -0.4 is 10.8 Å². The molecule has 2 aromatic carbocycles. The van der Waals surface area contributed by atoms with Crippen molar-refractivity contribution in [3.05, 3.63) is 76.5 Å². The second kappa shape index (κ2) is 9.16. The summed E-state index contributed by atoms with van der Waals surface area (Å²) in [6.07, 6.45) is 3.11. The van der Waals surface area contributed by atoms with Crippen molar-refractivity contribution in [1.82, 2.24) is 15.7 Å². The number of nitrogens with zero attached hydrogens (tertiary/aromatic N) is 1. The van der Waals surface area contributed by atoms with Crippen LogP contribution in [-0.2, 0) is 22.6 Å². The first-order valence-electron chi connectivity index (χ1n) is 9.38. The lowest BCUT2D eigenvalue weighted by molar-refractivity contribution is -0.129. The molecule has 0 aromatic heterocycles. The minimum Gasteiger partial charge on any atom is -0.333 e. The van der Waals surface area contributed by atoms with Crippen molar-refractivity contribution in [2.75, 3.05) is 6.54 Å². The zero-order chi connectivity index (χ0) is 20.8. The van der Waals surface area contributed by atoms with Gasteiger partial charge in [-0.3, -0.25) is 19.6 Å². The number of carbonyl (C=O) groups is 3. The molecule has 3 N–H and O–H groups in total. The van der Waals surface area contributed by atoms with Crippen LogP contribution >= 0.6 is 0 Å². The molecule has 3 rings (SSSR count). The van der Waals surface area contributed by atoms with Gasteiger partial charge in [-0.2, -0.15) is 0 Å². The molecule has 1 aliphatic heterocycles. The second-order valence-corrected chi connectivity index (χ2v) is 6.90. The topological polar surface area (TPSA) is 98.7 Å². The number of aryl methyl sites for hydroxylation is 1. The number of fused-ring (bicyclic) bond motifs is 1. The lowest BCUT2D eigenvalue weighted by Crippen LogP contribution is -2.37. The molecule has 0 saturated carbocycles. The van der Waals surface area contributed by atoms with Gasteiger partial charge in [0.05, 0.1) is 0 Å². The number of hydrogen-bond donors (Lipinski definition) is 3. The van der Waals surface area contributed by atoms with Gasteiger partial charge in [-0.1, -0.05) is 36.4 Å². The van der Waals surface area contributed by atoms with E-state index in [1.807, 2.05) is 30.3 Å². The number of nitrogens with one attached hydrogen (secondary N) is 2. The van der Waals surface area contributed by atoms with Crippen LogP contribution in [0, 0.1) is 0 Å². The van der Waals surface area contributed by atoms with Crippen molar-refractivity contribution in [2.45, 2.75) is 26.3 Å². The van der Waals surface area contributed by atoms with Crippen LogP contribution in [0.4, 0.5) is 0 Å². The lowest BCUT2D eigenvalue weighted by atomic mass is 10.0. The highest BCUT2D eigenvalue weighted by atomic mass is 16.5. The molecule has 0 bridgehead atoms. The van der Waals surface area contributed by atoms with Crippen LogP contribution in [0.1, 0.15) is 40.4 Å². The van der Waals surface area contributed by atoms with Crippen molar-refractivity contribution >= 4 is 23.8 Å². The largest absolute Gasteiger partial charge is 0.333 e. The van der Waals surface area contributed by atoms with Gasteiger partial charge < -0.3 is 10.2 Å². The third-order valence-electron chi connectivity index (χ3n) is 4.74. The molecular weight excluding hydrogens is 370 g/mol. The fourth-order valence-electron chi connectivity index (χ4n) is 3.36. The van der Waals surface area contributed by atoms with Gasteiger partial charge in [0.2, 0.25) is 5.91 Å². The zero-order valence-electron chi connectivity index (χ0n) is 16.1. The summed E-state index contributed by atoms with van der Waals surface area (Å²) >= 11 is 0. The average Bonchev–Trinajstić information content (AvgIpc) is 2.94. The first kappa shape index (κ1) is 20.3. The molecule has 0 saturated heterocycles. The first-order valence-corrected chi connectivity index (χ1v) is 9.38. The minimum absolute atomic E-state index is 0.225. The van der Waals surface area contributed by atoms with E-state index >= 15 is 0 Å². The van der Waals surface area contributed by atoms with Gasteiger partial charge in [-0.05, 0) is 47.7 Å². The van der Waals surface area contributed by atoms with Crippen LogP contribution in [-0.4, -0.2) is 34.4 Å². The molecule has 7 nitrogen and oxygen atoms in total. The first-order chi connectivity index (χ1) is 14.0. The summed E-state index contributed by atoms with van der Waals surface area (Å²) in [6.45, 7) is 2.28. The van der Waals surface area contributed by atoms with Crippen LogP contribution in [0.2, 0.25) is 0 Å². The predicted molar refractivity (Wildman–Crippen MR) is 108 cm³/mol. The van der Waals surface area contributed by atoms with E-state index in [0.29, 0.717) is 25.1 Å². The summed E-state index contributed by atoms with van der Waals surface area (Å²) in [5.74, 6) is -1.13. The summed E-state index contributed by atoms with van der Waals surface area (Å²) in [4.78, 5) is 38.2. The SMILES string of the molecule is CC(=O)NC(=Cc1ccccc1)C(=O)N1CCCc2cc(C(=O)NO)ccc2C1. The number of benzene rings is 2. The Labute approximate surface area is 169 Å². The highest BCUT2D eigenvalue weighted by molar-refractivity contribution is 6.01. The van der Waals surface area contributed by atoms with E-state index < -0.39 is 5.91 Å². The Morgan fingerprint density at radius 3 is 2.52 bits per heavy atom. The lowest BCUT2D eigenvalue weighted by Gasteiger charge is -2.22. The van der Waals surface area contributed by atoms with E-state index in [0.717, 1.165) is 23.1 Å². The molecule has 0 radical (unpaired) electrons. The summed E-state index contributed by atoms with van der Waals surface area (Å²) in [7, 11) is 0. The second-order valence-electron chi connectivity index (χ2n) is 6.90. The molecule has 1 heterocycles. The Morgan fingerprint density at radius 2 is 1.83 bits per heavy atom. The maximum atomic E-state index is 13.2. The van der Waals surface area contributed by atoms with E-state index in [1.165, 1.54) is 6.92 Å². The molecule has 3 amide bonds. The van der Waals surface area contributed by atoms with Gasteiger partial charge in [0.15, 0.2) is 0 Å². The quantitative estimate of drug-likeness (QED) is 0.422. The van der Waals surface area contributed by atoms with Gasteiger partial charge in [0.25, 0.3) is 11.8 Å². The molecule has 0 unspecified atom stereocenters. The Kier molecular flexibility index (Phi) is 6.41. The van der Waals surface area contributed by atoms with E-state index in [2.05, 4.69) is 5.32 Å². The van der Waals surface area contributed by atoms with Gasteiger partial charge in [0.1, 0.15) is 5.70 Å². The highest BCUT2D eigenvalue weighted by Gasteiger charge is 2.23. The van der Waals surface area contributed by atoms with Crippen molar-refractivity contribution in [3.8, 4) is 0 Å². The number of hydroxylamine groups is 1. The monoisotopic (exact) mass is 393 g/mol. The van der Waals surface area contributed by atoms with Gasteiger partial charge >= 0.3 is 0 Å². The van der Waals surface area contributed by atoms with Crippen molar-refractivity contribution in [2.24, 2.45) is 0 Å². The molecule has 0 aliphatic carbocycles. The number of carbonyl (C=O) groups excluding carboxylic acids is 3. The highest BCUT2D eigenvalue weighted by Crippen LogP contribution is 2.22. The molecule has 0 spiro atoms. The molecule has 7 heteroatoms. The Hall–Kier alpha value is -3.45. The molecule has 2 aromatic rings. The van der Waals surface area contributed by atoms with Crippen molar-refractivity contribution < 1.29 is 19.6 Å². The molecule has 0 atom stereocenters. The molecule has 1 aliphatic rings. The van der Waals surface area contributed by atoms with Crippen LogP contribution in [0.25, 0.3) is 6.08 Å². The maximum Gasteiger partial charge on any atom is 0.274 e. The smallest absolute Gasteiger partial charge is 0.274 e. The maximum absolute atomic E-state index is 13.2. The molecule has 29 heavy (non-hydrogen) atoms. The van der Waals surface area contributed by atoms with Crippen LogP contribution in [0.3, 0.4) is 0 Å². The third-order valence-corrected chi connectivity index (χ3v) is 4.74. The Balaban J connectivity index is 1.86. The Morgan fingerprint density at radius 1 is 1.07 bits per heavy atom. The fraction of sp³-hybridized carbons (Fsp3) is 0.227. The number of hydrogen-bond acceptors (Lipinski definition) is 4. The van der Waals surface area contributed by atoms with E-state index in [1.54, 1.807) is 34.7 Å². The van der Waals surface area contributed by atoms with Crippen molar-refractivity contribution in [3.63, 3.8) is 0 Å². The predicted octanol–water partition coefficient (Wildman–Crippen LogP) is 2.26. The molecule has 0 fully saturated rings. The van der Waals surface area contributed by atoms with Crippen LogP contribution in [0.5, 0.6) is 0 Å². The van der Waals surface area contributed by atoms with E-state index in [4.69, 9.17) is 5.21 Å². The summed E-state index contributed by atoms with van der Waals surface area (Å²) in [5, 5.41) is 11.5. The normalized spacial score (nSPS) is 13.9. The van der Waals surface area contributed by atoms with Gasteiger partial charge in [0, 0.05) is 25.6 Å². The van der Waals surface area contributed by atoms with E-state index in [-0.39, 0.29) is 17.5 Å². The average molecular weight is 393 g/mol. The number of rotatable bonds is 4. The standard InChI is InChI=1S/C22H23N3O4/c1-15(26)23-20(12-16-6-3-2-4-7-16)22(28)25-11-5-8-17-13-18(21(27)24-29)9-10-19(17)14-25/h2-4,6-7,9-10,12-13,29H,5,8,11,14H2,1H3,(H,23,26)(H,24,27). The minimum atomic E-state index is -0.566.